The van der Waals surface area contributed by atoms with E-state index in [1.807, 2.05) is 0 Å². The monoisotopic (exact) mass is 292 g/mol. The van der Waals surface area contributed by atoms with Crippen LogP contribution in [-0.4, -0.2) is 16.9 Å². The van der Waals surface area contributed by atoms with Crippen LogP contribution in [0.4, 0.5) is 5.69 Å². The van der Waals surface area contributed by atoms with Gasteiger partial charge in [-0.25, -0.2) is 0 Å². The average molecular weight is 293 g/mol. The third kappa shape index (κ3) is 2.57. The van der Waals surface area contributed by atoms with Crippen molar-refractivity contribution in [2.75, 3.05) is 4.90 Å². The number of allylic oxidation sites excluding steroid dienone is 2. The van der Waals surface area contributed by atoms with Crippen LogP contribution in [0.25, 0.3) is 0 Å². The minimum Gasteiger partial charge on any atom is -0.298 e. The molecule has 4 nitrogen and oxygen atoms in total. The van der Waals surface area contributed by atoms with Crippen LogP contribution in [0, 0.1) is 0 Å². The van der Waals surface area contributed by atoms with Crippen LogP contribution in [0.15, 0.2) is 48.6 Å². The van der Waals surface area contributed by atoms with Crippen molar-refractivity contribution >= 4 is 46.4 Å². The number of benzene rings is 1. The lowest BCUT2D eigenvalue weighted by atomic mass is 10.1. The van der Waals surface area contributed by atoms with Crippen LogP contribution in [0.3, 0.4) is 0 Å². The van der Waals surface area contributed by atoms with Gasteiger partial charge in [-0.15, -0.1) is 0 Å². The topological polar surface area (TPSA) is 49.4 Å². The Morgan fingerprint density at radius 1 is 1.26 bits per heavy atom. The molecule has 96 valence electrons. The van der Waals surface area contributed by atoms with E-state index in [1.165, 1.54) is 17.1 Å². The van der Waals surface area contributed by atoms with Gasteiger partial charge >= 0.3 is 0 Å². The number of carbonyl (C=O) groups excluding carboxylic acids is 2. The van der Waals surface area contributed by atoms with Crippen LogP contribution in [-0.2, 0) is 9.59 Å². The summed E-state index contributed by atoms with van der Waals surface area (Å²) in [6.45, 7) is 3.47. The zero-order chi connectivity index (χ0) is 14.0. The molecule has 1 aliphatic rings. The fraction of sp³-hybridized carbons (Fsp3) is 0. The molecule has 0 aromatic heterocycles. The molecular formula is C13H9ClN2O2S. The summed E-state index contributed by atoms with van der Waals surface area (Å²) in [6, 6.07) is 6.57. The van der Waals surface area contributed by atoms with E-state index in [1.54, 1.807) is 24.3 Å². The Balaban J connectivity index is 2.44. The molecule has 0 atom stereocenters. The Morgan fingerprint density at radius 2 is 1.89 bits per heavy atom. The molecule has 0 radical (unpaired) electrons. The van der Waals surface area contributed by atoms with E-state index < -0.39 is 11.8 Å². The van der Waals surface area contributed by atoms with Gasteiger partial charge in [-0.2, -0.15) is 0 Å². The maximum atomic E-state index is 12.3. The molecule has 1 N–H and O–H groups in total. The van der Waals surface area contributed by atoms with Crippen LogP contribution in [0.1, 0.15) is 0 Å². The van der Waals surface area contributed by atoms with Crippen molar-refractivity contribution in [2.24, 2.45) is 0 Å². The third-order valence-corrected chi connectivity index (χ3v) is 3.01. The van der Waals surface area contributed by atoms with Crippen molar-refractivity contribution < 1.29 is 9.59 Å². The van der Waals surface area contributed by atoms with Gasteiger partial charge in [-0.1, -0.05) is 24.3 Å². The standard InChI is InChI=1S/C13H9ClN2O2S/c1-2-3-10-11(17)15-13(19)16(12(10)18)9-6-4-8(14)5-7-9/h2-7H,1H2,(H,15,17,19)/b10-3-. The van der Waals surface area contributed by atoms with Crippen molar-refractivity contribution in [1.82, 2.24) is 5.32 Å². The molecule has 1 aromatic carbocycles. The second kappa shape index (κ2) is 5.34. The van der Waals surface area contributed by atoms with Crippen LogP contribution < -0.4 is 10.2 Å². The minimum atomic E-state index is -0.528. The van der Waals surface area contributed by atoms with E-state index in [2.05, 4.69) is 11.9 Å². The van der Waals surface area contributed by atoms with Gasteiger partial charge in [-0.3, -0.25) is 19.8 Å². The van der Waals surface area contributed by atoms with Gasteiger partial charge in [0.15, 0.2) is 5.11 Å². The van der Waals surface area contributed by atoms with Gasteiger partial charge in [0.2, 0.25) is 0 Å². The summed E-state index contributed by atoms with van der Waals surface area (Å²) < 4.78 is 0. The van der Waals surface area contributed by atoms with E-state index in [4.69, 9.17) is 23.8 Å². The van der Waals surface area contributed by atoms with Crippen molar-refractivity contribution in [3.05, 3.63) is 53.6 Å². The van der Waals surface area contributed by atoms with Crippen molar-refractivity contribution in [3.8, 4) is 0 Å². The van der Waals surface area contributed by atoms with E-state index in [0.717, 1.165) is 0 Å². The first kappa shape index (κ1) is 13.5. The van der Waals surface area contributed by atoms with Crippen LogP contribution >= 0.6 is 23.8 Å². The molecule has 1 aromatic rings. The van der Waals surface area contributed by atoms with Gasteiger partial charge in [0.05, 0.1) is 5.69 Å². The number of hydrogen-bond donors (Lipinski definition) is 1. The number of nitrogens with one attached hydrogen (secondary N) is 1. The Labute approximate surface area is 120 Å². The van der Waals surface area contributed by atoms with Crippen molar-refractivity contribution in [1.29, 1.82) is 0 Å². The highest BCUT2D eigenvalue weighted by atomic mass is 35.5. The molecule has 0 saturated carbocycles. The molecule has 2 rings (SSSR count). The van der Waals surface area contributed by atoms with Crippen molar-refractivity contribution in [3.63, 3.8) is 0 Å². The Morgan fingerprint density at radius 3 is 2.47 bits per heavy atom. The quantitative estimate of drug-likeness (QED) is 0.516. The Hall–Kier alpha value is -1.98. The summed E-state index contributed by atoms with van der Waals surface area (Å²) >= 11 is 10.8. The second-order valence-corrected chi connectivity index (χ2v) is 4.52. The summed E-state index contributed by atoms with van der Waals surface area (Å²) in [5, 5.41) is 3.04. The maximum absolute atomic E-state index is 12.3. The number of nitrogens with zero attached hydrogens (tertiary/aromatic N) is 1. The number of carbonyl (C=O) groups is 2. The van der Waals surface area contributed by atoms with Crippen molar-refractivity contribution in [2.45, 2.75) is 0 Å². The molecule has 0 unspecified atom stereocenters. The highest BCUT2D eigenvalue weighted by Gasteiger charge is 2.33. The zero-order valence-corrected chi connectivity index (χ0v) is 11.3. The van der Waals surface area contributed by atoms with Gasteiger partial charge in [-0.05, 0) is 42.6 Å². The van der Waals surface area contributed by atoms with Gasteiger partial charge in [0.1, 0.15) is 5.57 Å². The summed E-state index contributed by atoms with van der Waals surface area (Å²) in [4.78, 5) is 25.1. The summed E-state index contributed by atoms with van der Waals surface area (Å²) in [5.41, 5.74) is 0.521. The van der Waals surface area contributed by atoms with Gasteiger partial charge < -0.3 is 0 Å². The first-order valence-electron chi connectivity index (χ1n) is 5.32. The average Bonchev–Trinajstić information content (AvgIpc) is 2.36. The molecule has 1 saturated heterocycles. The first-order chi connectivity index (χ1) is 9.04. The molecule has 0 aliphatic carbocycles. The fourth-order valence-electron chi connectivity index (χ4n) is 1.62. The molecule has 0 bridgehead atoms. The van der Waals surface area contributed by atoms with Crippen LogP contribution in [0.5, 0.6) is 0 Å². The largest absolute Gasteiger partial charge is 0.298 e. The lowest BCUT2D eigenvalue weighted by Gasteiger charge is -2.28. The molecule has 19 heavy (non-hydrogen) atoms. The Bertz CT molecular complexity index is 608. The Kier molecular flexibility index (Phi) is 3.78. The van der Waals surface area contributed by atoms with Gasteiger partial charge in [0.25, 0.3) is 11.8 Å². The minimum absolute atomic E-state index is 0.0152. The third-order valence-electron chi connectivity index (χ3n) is 2.47. The molecular weight excluding hydrogens is 284 g/mol. The number of hydrogen-bond acceptors (Lipinski definition) is 3. The highest BCUT2D eigenvalue weighted by Crippen LogP contribution is 2.22. The highest BCUT2D eigenvalue weighted by molar-refractivity contribution is 7.80. The predicted molar refractivity (Wildman–Crippen MR) is 78.0 cm³/mol. The molecule has 0 spiro atoms. The summed E-state index contributed by atoms with van der Waals surface area (Å²) in [6.07, 6.45) is 2.73. The van der Waals surface area contributed by atoms with Gasteiger partial charge in [0, 0.05) is 5.02 Å². The molecule has 6 heteroatoms. The summed E-state index contributed by atoms with van der Waals surface area (Å²) in [5.74, 6) is -1.02. The number of rotatable bonds is 2. The predicted octanol–water partition coefficient (Wildman–Crippen LogP) is 2.20. The van der Waals surface area contributed by atoms with E-state index in [0.29, 0.717) is 10.7 Å². The second-order valence-electron chi connectivity index (χ2n) is 3.69. The van der Waals surface area contributed by atoms with E-state index in [9.17, 15) is 9.59 Å². The van der Waals surface area contributed by atoms with E-state index in [-0.39, 0.29) is 10.7 Å². The SMILES string of the molecule is C=C/C=C1/C(=O)NC(=S)N(c2ccc(Cl)cc2)C1=O. The maximum Gasteiger partial charge on any atom is 0.270 e. The molecule has 1 heterocycles. The lowest BCUT2D eigenvalue weighted by Crippen LogP contribution is -2.54. The molecule has 1 fully saturated rings. The smallest absolute Gasteiger partial charge is 0.270 e. The molecule has 1 aliphatic heterocycles. The van der Waals surface area contributed by atoms with Crippen LogP contribution in [0.2, 0.25) is 5.02 Å². The molecule has 2 amide bonds. The number of amides is 2. The summed E-state index contributed by atoms with van der Waals surface area (Å²) in [7, 11) is 0. The fourth-order valence-corrected chi connectivity index (χ4v) is 2.03. The zero-order valence-electron chi connectivity index (χ0n) is 9.72. The van der Waals surface area contributed by atoms with E-state index >= 15 is 0 Å². The normalized spacial score (nSPS) is 17.6. The lowest BCUT2D eigenvalue weighted by molar-refractivity contribution is -0.122. The number of anilines is 1. The number of halogens is 1. The number of thiocarbonyl (C=S) groups is 1. The first-order valence-corrected chi connectivity index (χ1v) is 6.11.